The van der Waals surface area contributed by atoms with Crippen molar-refractivity contribution in [3.63, 3.8) is 0 Å². The molecule has 1 aromatic rings. The lowest BCUT2D eigenvalue weighted by atomic mass is 10.2. The molecule has 6 nitrogen and oxygen atoms in total. The smallest absolute Gasteiger partial charge is 0.407 e. The second kappa shape index (κ2) is 4.87. The number of carbonyl (C=O) groups is 1. The third-order valence-electron chi connectivity index (χ3n) is 3.24. The summed E-state index contributed by atoms with van der Waals surface area (Å²) < 4.78 is 0. The largest absolute Gasteiger partial charge is 0.465 e. The quantitative estimate of drug-likeness (QED) is 0.882. The van der Waals surface area contributed by atoms with E-state index in [0.717, 1.165) is 22.6 Å². The summed E-state index contributed by atoms with van der Waals surface area (Å²) >= 11 is 0. The van der Waals surface area contributed by atoms with Crippen LogP contribution in [0.5, 0.6) is 0 Å². The van der Waals surface area contributed by atoms with Crippen molar-refractivity contribution in [3.05, 3.63) is 23.2 Å². The average Bonchev–Trinajstić information content (AvgIpc) is 2.80. The topological polar surface area (TPSA) is 69.6 Å². The standard InChI is InChI=1S/C13H18N4O2/c1-5-8(2)11-14-10-7-17(13(18)19)6-9(10)12(15-11)16(3)4/h5H,6-7H2,1-4H3,(H,18,19)/b8-5+. The van der Waals surface area contributed by atoms with Gasteiger partial charge in [-0.15, -0.1) is 0 Å². The Morgan fingerprint density at radius 1 is 1.37 bits per heavy atom. The van der Waals surface area contributed by atoms with E-state index in [9.17, 15) is 4.79 Å². The van der Waals surface area contributed by atoms with Gasteiger partial charge in [-0.05, 0) is 19.4 Å². The highest BCUT2D eigenvalue weighted by molar-refractivity contribution is 5.68. The molecule has 0 aromatic carbocycles. The molecule has 1 N–H and O–H groups in total. The molecule has 0 unspecified atom stereocenters. The highest BCUT2D eigenvalue weighted by atomic mass is 16.4. The number of allylic oxidation sites excluding steroid dienone is 2. The van der Waals surface area contributed by atoms with E-state index >= 15 is 0 Å². The molecule has 0 aliphatic carbocycles. The summed E-state index contributed by atoms with van der Waals surface area (Å²) in [5, 5.41) is 9.09. The molecule has 0 saturated carbocycles. The minimum atomic E-state index is -0.924. The van der Waals surface area contributed by atoms with Crippen molar-refractivity contribution >= 4 is 17.5 Å². The summed E-state index contributed by atoms with van der Waals surface area (Å²) in [7, 11) is 3.81. The van der Waals surface area contributed by atoms with Crippen LogP contribution in [-0.2, 0) is 13.1 Å². The summed E-state index contributed by atoms with van der Waals surface area (Å²) in [5.41, 5.74) is 2.69. The monoisotopic (exact) mass is 262 g/mol. The van der Waals surface area contributed by atoms with Crippen LogP contribution in [0.25, 0.3) is 5.57 Å². The Kier molecular flexibility index (Phi) is 3.42. The third kappa shape index (κ3) is 2.38. The van der Waals surface area contributed by atoms with Crippen molar-refractivity contribution in [3.8, 4) is 0 Å². The van der Waals surface area contributed by atoms with Crippen LogP contribution in [0.15, 0.2) is 6.08 Å². The normalized spacial score (nSPS) is 14.5. The van der Waals surface area contributed by atoms with Gasteiger partial charge in [0.15, 0.2) is 5.82 Å². The van der Waals surface area contributed by atoms with Crippen LogP contribution in [0.1, 0.15) is 30.9 Å². The van der Waals surface area contributed by atoms with Crippen molar-refractivity contribution in [2.45, 2.75) is 26.9 Å². The number of amides is 1. The number of nitrogens with zero attached hydrogens (tertiary/aromatic N) is 4. The van der Waals surface area contributed by atoms with Crippen molar-refractivity contribution in [1.29, 1.82) is 0 Å². The molecule has 0 spiro atoms. The predicted octanol–water partition coefficient (Wildman–Crippen LogP) is 1.96. The van der Waals surface area contributed by atoms with Gasteiger partial charge < -0.3 is 10.0 Å². The molecule has 0 fully saturated rings. The van der Waals surface area contributed by atoms with Crippen molar-refractivity contribution in [2.75, 3.05) is 19.0 Å². The number of hydrogen-bond acceptors (Lipinski definition) is 4. The van der Waals surface area contributed by atoms with Crippen LogP contribution < -0.4 is 4.90 Å². The molecule has 2 rings (SSSR count). The molecule has 1 aliphatic rings. The van der Waals surface area contributed by atoms with E-state index in [2.05, 4.69) is 9.97 Å². The van der Waals surface area contributed by atoms with Gasteiger partial charge in [0.2, 0.25) is 0 Å². The van der Waals surface area contributed by atoms with Gasteiger partial charge in [-0.2, -0.15) is 0 Å². The highest BCUT2D eigenvalue weighted by Crippen LogP contribution is 2.29. The molecule has 6 heteroatoms. The number of carboxylic acid groups (broad SMARTS) is 1. The first-order chi connectivity index (χ1) is 8.93. The Hall–Kier alpha value is -2.11. The van der Waals surface area contributed by atoms with E-state index in [1.807, 2.05) is 38.9 Å². The average molecular weight is 262 g/mol. The lowest BCUT2D eigenvalue weighted by Gasteiger charge is -2.16. The van der Waals surface area contributed by atoms with Gasteiger partial charge in [0.25, 0.3) is 0 Å². The third-order valence-corrected chi connectivity index (χ3v) is 3.24. The summed E-state index contributed by atoms with van der Waals surface area (Å²) in [4.78, 5) is 23.4. The maximum absolute atomic E-state index is 11.1. The van der Waals surface area contributed by atoms with Gasteiger partial charge in [0.1, 0.15) is 5.82 Å². The summed E-state index contributed by atoms with van der Waals surface area (Å²) in [5.74, 6) is 1.46. The van der Waals surface area contributed by atoms with Gasteiger partial charge in [-0.25, -0.2) is 14.8 Å². The molecule has 0 bridgehead atoms. The molecule has 1 aliphatic heterocycles. The maximum atomic E-state index is 11.1. The van der Waals surface area contributed by atoms with Gasteiger partial charge >= 0.3 is 6.09 Å². The molecule has 0 radical (unpaired) electrons. The Morgan fingerprint density at radius 2 is 2.05 bits per heavy atom. The fourth-order valence-corrected chi connectivity index (χ4v) is 2.05. The zero-order valence-electron chi connectivity index (χ0n) is 11.6. The van der Waals surface area contributed by atoms with E-state index in [0.29, 0.717) is 18.9 Å². The number of aromatic nitrogens is 2. The van der Waals surface area contributed by atoms with Gasteiger partial charge in [-0.3, -0.25) is 4.90 Å². The fraction of sp³-hybridized carbons (Fsp3) is 0.462. The van der Waals surface area contributed by atoms with Gasteiger partial charge in [0, 0.05) is 19.7 Å². The van der Waals surface area contributed by atoms with Crippen LogP contribution in [0.3, 0.4) is 0 Å². The number of hydrogen-bond donors (Lipinski definition) is 1. The van der Waals surface area contributed by atoms with Crippen LogP contribution in [0.4, 0.5) is 10.6 Å². The molecule has 2 heterocycles. The summed E-state index contributed by atoms with van der Waals surface area (Å²) in [6.07, 6.45) is 1.03. The van der Waals surface area contributed by atoms with Crippen LogP contribution in [-0.4, -0.2) is 40.2 Å². The van der Waals surface area contributed by atoms with E-state index < -0.39 is 6.09 Å². The van der Waals surface area contributed by atoms with E-state index in [4.69, 9.17) is 5.11 Å². The van der Waals surface area contributed by atoms with Crippen molar-refractivity contribution in [2.24, 2.45) is 0 Å². The van der Waals surface area contributed by atoms with Crippen LogP contribution in [0.2, 0.25) is 0 Å². The molecular formula is C13H18N4O2. The van der Waals surface area contributed by atoms with E-state index in [1.54, 1.807) is 0 Å². The second-order valence-electron chi connectivity index (χ2n) is 4.80. The zero-order valence-corrected chi connectivity index (χ0v) is 11.6. The lowest BCUT2D eigenvalue weighted by molar-refractivity contribution is 0.145. The lowest BCUT2D eigenvalue weighted by Crippen LogP contribution is -2.23. The minimum absolute atomic E-state index is 0.331. The molecule has 0 saturated heterocycles. The summed E-state index contributed by atoms with van der Waals surface area (Å²) in [6.45, 7) is 4.57. The summed E-state index contributed by atoms with van der Waals surface area (Å²) in [6, 6.07) is 0. The van der Waals surface area contributed by atoms with Gasteiger partial charge in [0.05, 0.1) is 18.8 Å². The Labute approximate surface area is 112 Å². The first-order valence-electron chi connectivity index (χ1n) is 6.12. The number of fused-ring (bicyclic) bond motifs is 1. The molecule has 0 atom stereocenters. The number of rotatable bonds is 2. The molecule has 1 aromatic heterocycles. The maximum Gasteiger partial charge on any atom is 0.407 e. The molecule has 19 heavy (non-hydrogen) atoms. The molecule has 102 valence electrons. The first kappa shape index (κ1) is 13.3. The second-order valence-corrected chi connectivity index (χ2v) is 4.80. The predicted molar refractivity (Wildman–Crippen MR) is 73.0 cm³/mol. The van der Waals surface area contributed by atoms with E-state index in [1.165, 1.54) is 4.90 Å². The van der Waals surface area contributed by atoms with Gasteiger partial charge in [-0.1, -0.05) is 6.08 Å². The molecule has 1 amide bonds. The Morgan fingerprint density at radius 3 is 2.58 bits per heavy atom. The fourth-order valence-electron chi connectivity index (χ4n) is 2.05. The van der Waals surface area contributed by atoms with Crippen molar-refractivity contribution in [1.82, 2.24) is 14.9 Å². The van der Waals surface area contributed by atoms with Crippen molar-refractivity contribution < 1.29 is 9.90 Å². The Balaban J connectivity index is 2.51. The first-order valence-corrected chi connectivity index (χ1v) is 6.12. The molecular weight excluding hydrogens is 244 g/mol. The van der Waals surface area contributed by atoms with Crippen LogP contribution >= 0.6 is 0 Å². The minimum Gasteiger partial charge on any atom is -0.465 e. The number of anilines is 1. The van der Waals surface area contributed by atoms with Crippen LogP contribution in [0, 0.1) is 0 Å². The zero-order chi connectivity index (χ0) is 14.2. The highest BCUT2D eigenvalue weighted by Gasteiger charge is 2.28. The SMILES string of the molecule is C/C=C(\C)c1nc2c(c(N(C)C)n1)CN(C(=O)O)C2. The Bertz CT molecular complexity index is 552. The van der Waals surface area contributed by atoms with E-state index in [-0.39, 0.29) is 0 Å².